The number of anilines is 1. The van der Waals surface area contributed by atoms with Gasteiger partial charge in [0.1, 0.15) is 11.6 Å². The van der Waals surface area contributed by atoms with Crippen molar-refractivity contribution in [1.82, 2.24) is 4.31 Å². The van der Waals surface area contributed by atoms with E-state index < -0.39 is 21.7 Å². The second kappa shape index (κ2) is 8.41. The lowest BCUT2D eigenvalue weighted by Gasteiger charge is -2.25. The van der Waals surface area contributed by atoms with Crippen molar-refractivity contribution in [3.05, 3.63) is 72.2 Å². The molecule has 2 heterocycles. The first kappa shape index (κ1) is 20.3. The second-order valence-electron chi connectivity index (χ2n) is 7.09. The van der Waals surface area contributed by atoms with Crippen LogP contribution in [0.5, 0.6) is 0 Å². The van der Waals surface area contributed by atoms with E-state index in [-0.39, 0.29) is 22.0 Å². The van der Waals surface area contributed by atoms with Crippen molar-refractivity contribution >= 4 is 21.6 Å². The Labute approximate surface area is 174 Å². The van der Waals surface area contributed by atoms with Crippen LogP contribution in [-0.4, -0.2) is 31.7 Å². The zero-order valence-corrected chi connectivity index (χ0v) is 17.0. The van der Waals surface area contributed by atoms with Gasteiger partial charge in [0.25, 0.3) is 5.91 Å². The number of furan rings is 1. The fourth-order valence-electron chi connectivity index (χ4n) is 3.42. The van der Waals surface area contributed by atoms with Crippen molar-refractivity contribution in [2.75, 3.05) is 18.4 Å². The minimum absolute atomic E-state index is 0.0262. The fraction of sp³-hybridized carbons (Fsp3) is 0.227. The van der Waals surface area contributed by atoms with Crippen LogP contribution in [0.15, 0.2) is 70.0 Å². The Hall–Kier alpha value is -2.97. The van der Waals surface area contributed by atoms with E-state index >= 15 is 0 Å². The van der Waals surface area contributed by atoms with Gasteiger partial charge in [-0.1, -0.05) is 18.6 Å². The van der Waals surface area contributed by atoms with E-state index in [0.717, 1.165) is 19.3 Å². The summed E-state index contributed by atoms with van der Waals surface area (Å²) < 4.78 is 46.3. The number of rotatable bonds is 5. The van der Waals surface area contributed by atoms with Gasteiger partial charge in [-0.25, -0.2) is 12.8 Å². The number of carbonyl (C=O) groups is 1. The Bertz CT molecular complexity index is 1150. The Balaban J connectivity index is 1.46. The summed E-state index contributed by atoms with van der Waals surface area (Å²) in [4.78, 5) is 12.6. The first-order chi connectivity index (χ1) is 14.4. The van der Waals surface area contributed by atoms with E-state index in [1.165, 1.54) is 46.8 Å². The molecular weight excluding hydrogens is 407 g/mol. The van der Waals surface area contributed by atoms with Gasteiger partial charge in [0.2, 0.25) is 10.0 Å². The van der Waals surface area contributed by atoms with Gasteiger partial charge in [0, 0.05) is 18.8 Å². The molecule has 1 aliphatic heterocycles. The van der Waals surface area contributed by atoms with Gasteiger partial charge in [-0.15, -0.1) is 0 Å². The third-order valence-corrected chi connectivity index (χ3v) is 6.95. The lowest BCUT2D eigenvalue weighted by Crippen LogP contribution is -2.35. The molecule has 0 bridgehead atoms. The van der Waals surface area contributed by atoms with E-state index in [4.69, 9.17) is 4.42 Å². The molecule has 0 spiro atoms. The zero-order valence-electron chi connectivity index (χ0n) is 16.2. The molecule has 156 valence electrons. The average Bonchev–Trinajstić information content (AvgIpc) is 3.25. The number of benzene rings is 2. The third-order valence-electron chi connectivity index (χ3n) is 5.03. The summed E-state index contributed by atoms with van der Waals surface area (Å²) in [7, 11) is -3.52. The van der Waals surface area contributed by atoms with E-state index in [2.05, 4.69) is 5.32 Å². The summed E-state index contributed by atoms with van der Waals surface area (Å²) in [5, 5.41) is 2.66. The van der Waals surface area contributed by atoms with Gasteiger partial charge in [-0.05, 0) is 61.4 Å². The van der Waals surface area contributed by atoms with Crippen LogP contribution in [0.3, 0.4) is 0 Å². The first-order valence-electron chi connectivity index (χ1n) is 9.71. The standard InChI is InChI=1S/C22H21FN2O4S/c23-19-7-3-2-6-18(19)20-12-13-21(29-20)22(26)24-16-8-10-17(11-9-16)30(27,28)25-14-4-1-5-15-25/h2-3,6-13H,1,4-5,14-15H2,(H,24,26). The number of nitrogens with one attached hydrogen (secondary N) is 1. The molecule has 8 heteroatoms. The number of nitrogens with zero attached hydrogens (tertiary/aromatic N) is 1. The van der Waals surface area contributed by atoms with Crippen molar-refractivity contribution in [2.24, 2.45) is 0 Å². The van der Waals surface area contributed by atoms with E-state index in [9.17, 15) is 17.6 Å². The molecule has 6 nitrogen and oxygen atoms in total. The molecule has 1 aromatic heterocycles. The molecule has 0 radical (unpaired) electrons. The van der Waals surface area contributed by atoms with Crippen LogP contribution >= 0.6 is 0 Å². The van der Waals surface area contributed by atoms with Gasteiger partial charge in [-0.3, -0.25) is 4.79 Å². The monoisotopic (exact) mass is 428 g/mol. The Morgan fingerprint density at radius 3 is 2.33 bits per heavy atom. The summed E-state index contributed by atoms with van der Waals surface area (Å²) >= 11 is 0. The smallest absolute Gasteiger partial charge is 0.291 e. The Morgan fingerprint density at radius 2 is 1.63 bits per heavy atom. The maximum Gasteiger partial charge on any atom is 0.291 e. The number of carbonyl (C=O) groups excluding carboxylic acids is 1. The van der Waals surface area contributed by atoms with Crippen molar-refractivity contribution in [1.29, 1.82) is 0 Å². The molecule has 1 saturated heterocycles. The fourth-order valence-corrected chi connectivity index (χ4v) is 4.94. The highest BCUT2D eigenvalue weighted by Crippen LogP contribution is 2.26. The first-order valence-corrected chi connectivity index (χ1v) is 11.2. The molecule has 4 rings (SSSR count). The van der Waals surface area contributed by atoms with Gasteiger partial charge >= 0.3 is 0 Å². The molecule has 0 atom stereocenters. The quantitative estimate of drug-likeness (QED) is 0.648. The lowest BCUT2D eigenvalue weighted by atomic mass is 10.1. The number of amides is 1. The summed E-state index contributed by atoms with van der Waals surface area (Å²) in [5.74, 6) is -0.673. The molecule has 0 unspecified atom stereocenters. The van der Waals surface area contributed by atoms with Gasteiger partial charge < -0.3 is 9.73 Å². The van der Waals surface area contributed by atoms with Gasteiger partial charge in [0.15, 0.2) is 5.76 Å². The predicted octanol–water partition coefficient (Wildman–Crippen LogP) is 4.51. The molecule has 30 heavy (non-hydrogen) atoms. The normalized spacial score (nSPS) is 15.1. The topological polar surface area (TPSA) is 79.6 Å². The molecule has 0 saturated carbocycles. The zero-order chi connectivity index (χ0) is 21.1. The highest BCUT2D eigenvalue weighted by Gasteiger charge is 2.25. The minimum atomic E-state index is -3.52. The number of hydrogen-bond acceptors (Lipinski definition) is 4. The number of sulfonamides is 1. The minimum Gasteiger partial charge on any atom is -0.451 e. The predicted molar refractivity (Wildman–Crippen MR) is 111 cm³/mol. The summed E-state index contributed by atoms with van der Waals surface area (Å²) in [5.41, 5.74) is 0.699. The van der Waals surface area contributed by atoms with Crippen molar-refractivity contribution in [2.45, 2.75) is 24.2 Å². The van der Waals surface area contributed by atoms with E-state index in [0.29, 0.717) is 18.8 Å². The average molecular weight is 428 g/mol. The van der Waals surface area contributed by atoms with Crippen LogP contribution in [0.2, 0.25) is 0 Å². The summed E-state index contributed by atoms with van der Waals surface area (Å²) in [6, 6.07) is 15.2. The maximum absolute atomic E-state index is 13.9. The van der Waals surface area contributed by atoms with Crippen LogP contribution in [-0.2, 0) is 10.0 Å². The molecule has 1 aliphatic rings. The van der Waals surface area contributed by atoms with Crippen LogP contribution in [0.1, 0.15) is 29.8 Å². The van der Waals surface area contributed by atoms with Crippen molar-refractivity contribution < 1.29 is 22.0 Å². The lowest BCUT2D eigenvalue weighted by molar-refractivity contribution is 0.0997. The number of piperidine rings is 1. The highest BCUT2D eigenvalue weighted by molar-refractivity contribution is 7.89. The molecule has 2 aromatic carbocycles. The van der Waals surface area contributed by atoms with Gasteiger partial charge in [-0.2, -0.15) is 4.31 Å². The highest BCUT2D eigenvalue weighted by atomic mass is 32.2. The molecule has 1 amide bonds. The van der Waals surface area contributed by atoms with E-state index in [1.807, 2.05) is 0 Å². The van der Waals surface area contributed by atoms with Crippen molar-refractivity contribution in [3.63, 3.8) is 0 Å². The second-order valence-corrected chi connectivity index (χ2v) is 9.02. The molecule has 1 fully saturated rings. The number of hydrogen-bond donors (Lipinski definition) is 1. The van der Waals surface area contributed by atoms with Crippen LogP contribution < -0.4 is 5.32 Å². The SMILES string of the molecule is O=C(Nc1ccc(S(=O)(=O)N2CCCCC2)cc1)c1ccc(-c2ccccc2F)o1. The van der Waals surface area contributed by atoms with Crippen LogP contribution in [0.25, 0.3) is 11.3 Å². The van der Waals surface area contributed by atoms with Crippen molar-refractivity contribution in [3.8, 4) is 11.3 Å². The Morgan fingerprint density at radius 1 is 0.933 bits per heavy atom. The molecular formula is C22H21FN2O4S. The van der Waals surface area contributed by atoms with Crippen LogP contribution in [0.4, 0.5) is 10.1 Å². The number of halogens is 1. The third kappa shape index (κ3) is 4.15. The molecule has 1 N–H and O–H groups in total. The van der Waals surface area contributed by atoms with Gasteiger partial charge in [0.05, 0.1) is 10.5 Å². The maximum atomic E-state index is 13.9. The Kier molecular flexibility index (Phi) is 5.69. The molecule has 0 aliphatic carbocycles. The largest absolute Gasteiger partial charge is 0.451 e. The summed E-state index contributed by atoms with van der Waals surface area (Å²) in [6.07, 6.45) is 2.78. The van der Waals surface area contributed by atoms with Crippen LogP contribution in [0, 0.1) is 5.82 Å². The molecule has 3 aromatic rings. The van der Waals surface area contributed by atoms with E-state index in [1.54, 1.807) is 18.2 Å². The summed E-state index contributed by atoms with van der Waals surface area (Å²) in [6.45, 7) is 1.06.